The molecule has 5 aromatic rings. The number of aromatic nitrogens is 4. The number of anilines is 1. The van der Waals surface area contributed by atoms with Crippen LogP contribution in [-0.2, 0) is 11.3 Å². The van der Waals surface area contributed by atoms with Gasteiger partial charge in [0.25, 0.3) is 17.7 Å². The number of rotatable bonds is 7. The predicted octanol–water partition coefficient (Wildman–Crippen LogP) is 4.72. The SMILES string of the molecule is Nc1ccc(C=CC(=O)NCc2cc3cc(-c4ccc(C(=O)N5CCC(F)(F)CC5)cn4)cc(-c4nnco4)c3o2)cn1. The smallest absolute Gasteiger partial charge is 0.255 e. The van der Waals surface area contributed by atoms with Crippen LogP contribution in [0.1, 0.15) is 34.5 Å². The Kier molecular flexibility index (Phi) is 7.36. The van der Waals surface area contributed by atoms with Crippen molar-refractivity contribution in [2.24, 2.45) is 0 Å². The molecule has 6 rings (SSSR count). The van der Waals surface area contributed by atoms with Crippen molar-refractivity contribution in [2.75, 3.05) is 18.8 Å². The van der Waals surface area contributed by atoms with Crippen molar-refractivity contribution in [2.45, 2.75) is 25.3 Å². The van der Waals surface area contributed by atoms with Gasteiger partial charge >= 0.3 is 0 Å². The zero-order valence-electron chi connectivity index (χ0n) is 22.7. The Balaban J connectivity index is 1.21. The van der Waals surface area contributed by atoms with Crippen LogP contribution in [0.5, 0.6) is 0 Å². The maximum absolute atomic E-state index is 13.5. The van der Waals surface area contributed by atoms with E-state index >= 15 is 0 Å². The lowest BCUT2D eigenvalue weighted by Crippen LogP contribution is -2.42. The molecule has 0 spiro atoms. The van der Waals surface area contributed by atoms with Gasteiger partial charge in [0.2, 0.25) is 12.3 Å². The van der Waals surface area contributed by atoms with Gasteiger partial charge < -0.3 is 24.8 Å². The van der Waals surface area contributed by atoms with Crippen LogP contribution in [0.3, 0.4) is 0 Å². The number of halogens is 2. The molecule has 1 fully saturated rings. The van der Waals surface area contributed by atoms with Gasteiger partial charge in [0.05, 0.1) is 23.4 Å². The number of likely N-dealkylation sites (tertiary alicyclic amines) is 1. The molecule has 2 amide bonds. The van der Waals surface area contributed by atoms with Crippen LogP contribution in [0.4, 0.5) is 14.6 Å². The van der Waals surface area contributed by atoms with Crippen molar-refractivity contribution in [1.29, 1.82) is 0 Å². The van der Waals surface area contributed by atoms with E-state index in [1.54, 1.807) is 48.7 Å². The average molecular weight is 586 g/mol. The molecule has 1 aromatic carbocycles. The van der Waals surface area contributed by atoms with E-state index in [4.69, 9.17) is 14.6 Å². The van der Waals surface area contributed by atoms with Gasteiger partial charge in [-0.1, -0.05) is 0 Å². The number of pyridine rings is 2. The van der Waals surface area contributed by atoms with E-state index in [1.807, 2.05) is 6.07 Å². The minimum atomic E-state index is -2.74. The number of carbonyl (C=O) groups is 2. The highest BCUT2D eigenvalue weighted by Crippen LogP contribution is 2.35. The minimum absolute atomic E-state index is 0.00256. The molecule has 3 N–H and O–H groups in total. The van der Waals surface area contributed by atoms with Crippen LogP contribution >= 0.6 is 0 Å². The first-order valence-electron chi connectivity index (χ1n) is 13.4. The lowest BCUT2D eigenvalue weighted by molar-refractivity contribution is -0.116. The zero-order chi connectivity index (χ0) is 30.0. The minimum Gasteiger partial charge on any atom is -0.458 e. The number of benzene rings is 1. The molecule has 0 saturated carbocycles. The lowest BCUT2D eigenvalue weighted by atomic mass is 10.0. The van der Waals surface area contributed by atoms with E-state index in [2.05, 4.69) is 25.5 Å². The molecule has 1 aliphatic heterocycles. The largest absolute Gasteiger partial charge is 0.458 e. The third-order valence-corrected chi connectivity index (χ3v) is 7.02. The van der Waals surface area contributed by atoms with Gasteiger partial charge in [0, 0.05) is 55.4 Å². The highest BCUT2D eigenvalue weighted by molar-refractivity contribution is 5.96. The van der Waals surface area contributed by atoms with Crippen LogP contribution < -0.4 is 11.1 Å². The van der Waals surface area contributed by atoms with E-state index in [-0.39, 0.29) is 50.2 Å². The van der Waals surface area contributed by atoms with Crippen LogP contribution in [0, 0.1) is 0 Å². The summed E-state index contributed by atoms with van der Waals surface area (Å²) in [6.45, 7) is 0.114. The number of amides is 2. The molecule has 13 heteroatoms. The Morgan fingerprint density at radius 1 is 1.07 bits per heavy atom. The number of furan rings is 1. The standard InChI is InChI=1S/C30H25F2N7O4/c31-30(32)7-9-39(10-8-30)29(41)19-3-4-24(34-15-19)20-11-21-12-22(43-27(21)23(13-20)28-38-37-17-42-28)16-36-26(40)6-2-18-1-5-25(33)35-14-18/h1-6,11-15,17H,7-10,16H2,(H2,33,35)(H,36,40). The summed E-state index contributed by atoms with van der Waals surface area (Å²) in [4.78, 5) is 35.1. The maximum Gasteiger partial charge on any atom is 0.255 e. The molecule has 0 radical (unpaired) electrons. The summed E-state index contributed by atoms with van der Waals surface area (Å²) in [6, 6.07) is 12.1. The number of nitrogens with two attached hydrogens (primary N) is 1. The van der Waals surface area contributed by atoms with Crippen LogP contribution in [0.15, 0.2) is 76.2 Å². The summed E-state index contributed by atoms with van der Waals surface area (Å²) in [5.74, 6) is -2.29. The van der Waals surface area contributed by atoms with Crippen molar-refractivity contribution in [3.63, 3.8) is 0 Å². The Morgan fingerprint density at radius 2 is 1.91 bits per heavy atom. The molecular weight excluding hydrogens is 560 g/mol. The van der Waals surface area contributed by atoms with Gasteiger partial charge in [-0.3, -0.25) is 14.6 Å². The number of hydrogen-bond donors (Lipinski definition) is 2. The van der Waals surface area contributed by atoms with Crippen LogP contribution in [-0.4, -0.2) is 55.9 Å². The van der Waals surface area contributed by atoms with Crippen LogP contribution in [0.2, 0.25) is 0 Å². The van der Waals surface area contributed by atoms with Gasteiger partial charge in [-0.15, -0.1) is 10.2 Å². The van der Waals surface area contributed by atoms with Crippen molar-refractivity contribution < 1.29 is 27.2 Å². The summed E-state index contributed by atoms with van der Waals surface area (Å²) < 4.78 is 38.5. The number of carbonyl (C=O) groups excluding carboxylic acids is 2. The second-order valence-corrected chi connectivity index (χ2v) is 10.0. The molecule has 43 heavy (non-hydrogen) atoms. The van der Waals surface area contributed by atoms with E-state index in [1.165, 1.54) is 23.6 Å². The number of fused-ring (bicyclic) bond motifs is 1. The summed E-state index contributed by atoms with van der Waals surface area (Å²) in [6.07, 6.45) is 6.51. The van der Waals surface area contributed by atoms with Crippen molar-refractivity contribution in [3.8, 4) is 22.7 Å². The predicted molar refractivity (Wildman–Crippen MR) is 152 cm³/mol. The third-order valence-electron chi connectivity index (χ3n) is 7.02. The van der Waals surface area contributed by atoms with E-state index in [0.717, 1.165) is 5.56 Å². The average Bonchev–Trinajstić information content (AvgIpc) is 3.69. The second-order valence-electron chi connectivity index (χ2n) is 10.0. The van der Waals surface area contributed by atoms with Crippen molar-refractivity contribution in [3.05, 3.63) is 84.2 Å². The molecule has 5 heterocycles. The second kappa shape index (κ2) is 11.4. The molecule has 0 bridgehead atoms. The highest BCUT2D eigenvalue weighted by Gasteiger charge is 2.35. The first kappa shape index (κ1) is 27.7. The zero-order valence-corrected chi connectivity index (χ0v) is 22.7. The number of hydrogen-bond acceptors (Lipinski definition) is 9. The number of nitrogen functional groups attached to an aromatic ring is 1. The van der Waals surface area contributed by atoms with E-state index < -0.39 is 5.92 Å². The molecule has 0 aliphatic carbocycles. The van der Waals surface area contributed by atoms with E-state index in [0.29, 0.717) is 44.9 Å². The normalized spacial score (nSPS) is 14.8. The quantitative estimate of drug-likeness (QED) is 0.258. The molecule has 0 atom stereocenters. The molecule has 1 aliphatic rings. The van der Waals surface area contributed by atoms with Crippen molar-refractivity contribution >= 4 is 34.7 Å². The number of alkyl halides is 2. The van der Waals surface area contributed by atoms with Crippen molar-refractivity contribution in [1.82, 2.24) is 30.4 Å². The molecule has 4 aromatic heterocycles. The van der Waals surface area contributed by atoms with Gasteiger partial charge in [-0.05, 0) is 54.1 Å². The van der Waals surface area contributed by atoms with Crippen LogP contribution in [0.25, 0.3) is 39.8 Å². The summed E-state index contributed by atoms with van der Waals surface area (Å²) in [7, 11) is 0. The molecular formula is C30H25F2N7O4. The Labute approximate surface area is 243 Å². The Bertz CT molecular complexity index is 1790. The maximum atomic E-state index is 13.5. The fraction of sp³-hybridized carbons (Fsp3) is 0.200. The van der Waals surface area contributed by atoms with Gasteiger partial charge in [-0.25, -0.2) is 13.8 Å². The van der Waals surface area contributed by atoms with E-state index in [9.17, 15) is 18.4 Å². The Hall–Kier alpha value is -5.46. The third kappa shape index (κ3) is 6.25. The first-order chi connectivity index (χ1) is 20.7. The summed E-state index contributed by atoms with van der Waals surface area (Å²) in [5.41, 5.74) is 8.88. The molecule has 1 saturated heterocycles. The molecule has 0 unspecified atom stereocenters. The highest BCUT2D eigenvalue weighted by atomic mass is 19.3. The summed E-state index contributed by atoms with van der Waals surface area (Å²) in [5, 5.41) is 11.3. The number of piperidine rings is 1. The van der Waals surface area contributed by atoms with Gasteiger partial charge in [0.15, 0.2) is 0 Å². The fourth-order valence-corrected chi connectivity index (χ4v) is 4.72. The van der Waals surface area contributed by atoms with Gasteiger partial charge in [-0.2, -0.15) is 0 Å². The topological polar surface area (TPSA) is 153 Å². The summed E-state index contributed by atoms with van der Waals surface area (Å²) >= 11 is 0. The Morgan fingerprint density at radius 3 is 2.60 bits per heavy atom. The monoisotopic (exact) mass is 585 g/mol. The number of nitrogens with one attached hydrogen (secondary N) is 1. The number of nitrogens with zero attached hydrogens (tertiary/aromatic N) is 5. The molecule has 11 nitrogen and oxygen atoms in total. The lowest BCUT2D eigenvalue weighted by Gasteiger charge is -2.31. The van der Waals surface area contributed by atoms with Gasteiger partial charge in [0.1, 0.15) is 17.2 Å². The fourth-order valence-electron chi connectivity index (χ4n) is 4.72. The molecule has 218 valence electrons. The first-order valence-corrected chi connectivity index (χ1v) is 13.4.